The average Bonchev–Trinajstić information content (AvgIpc) is 2.37. The zero-order valence-electron chi connectivity index (χ0n) is 5.16. The molecule has 0 spiro atoms. The number of hydrogen-bond donors (Lipinski definition) is 2. The molecule has 1 heterocycles. The molecule has 52 valence electrons. The molecule has 0 radical (unpaired) electrons. The summed E-state index contributed by atoms with van der Waals surface area (Å²) in [7, 11) is 0. The molecular formula is C6H6N2O2. The van der Waals surface area contributed by atoms with E-state index < -0.39 is 0 Å². The Hall–Kier alpha value is -1.31. The highest BCUT2D eigenvalue weighted by molar-refractivity contribution is 5.18. The fourth-order valence-electron chi connectivity index (χ4n) is 0.611. The first-order valence-electron chi connectivity index (χ1n) is 2.72. The van der Waals surface area contributed by atoms with E-state index in [1.807, 2.05) is 11.5 Å². The van der Waals surface area contributed by atoms with Crippen molar-refractivity contribution in [2.24, 2.45) is 0 Å². The quantitative estimate of drug-likeness (QED) is 0.588. The van der Waals surface area contributed by atoms with Gasteiger partial charge in [-0.1, -0.05) is 0 Å². The second kappa shape index (κ2) is 3.01. The molecule has 1 aromatic rings. The van der Waals surface area contributed by atoms with Gasteiger partial charge in [0.15, 0.2) is 0 Å². The monoisotopic (exact) mass is 138 g/mol. The van der Waals surface area contributed by atoms with Gasteiger partial charge in [-0.2, -0.15) is 10.7 Å². The molecule has 0 aromatic carbocycles. The van der Waals surface area contributed by atoms with Crippen LogP contribution < -0.4 is 5.48 Å². The molecule has 0 saturated heterocycles. The van der Waals surface area contributed by atoms with Crippen LogP contribution in [0.1, 0.15) is 11.5 Å². The number of nitrogens with one attached hydrogen (secondary N) is 1. The first-order chi connectivity index (χ1) is 4.86. The van der Waals surface area contributed by atoms with Gasteiger partial charge in [0.2, 0.25) is 5.76 Å². The predicted octanol–water partition coefficient (Wildman–Crippen LogP) is 0.630. The smallest absolute Gasteiger partial charge is 0.203 e. The summed E-state index contributed by atoms with van der Waals surface area (Å²) in [6.45, 7) is 0.224. The Balaban J connectivity index is 2.71. The lowest BCUT2D eigenvalue weighted by Crippen LogP contribution is -2.04. The molecule has 0 aliphatic heterocycles. The van der Waals surface area contributed by atoms with E-state index in [1.165, 1.54) is 0 Å². The van der Waals surface area contributed by atoms with Gasteiger partial charge >= 0.3 is 0 Å². The molecule has 0 atom stereocenters. The molecule has 4 heteroatoms. The molecule has 0 amide bonds. The number of hydrogen-bond acceptors (Lipinski definition) is 4. The van der Waals surface area contributed by atoms with Gasteiger partial charge < -0.3 is 9.62 Å². The van der Waals surface area contributed by atoms with Gasteiger partial charge in [-0.15, -0.1) is 0 Å². The zero-order valence-corrected chi connectivity index (χ0v) is 5.16. The van der Waals surface area contributed by atoms with Crippen molar-refractivity contribution in [2.75, 3.05) is 0 Å². The van der Waals surface area contributed by atoms with Crippen LogP contribution >= 0.6 is 0 Å². The molecule has 0 fully saturated rings. The van der Waals surface area contributed by atoms with Gasteiger partial charge in [-0.25, -0.2) is 0 Å². The van der Waals surface area contributed by atoms with Gasteiger partial charge in [0, 0.05) is 0 Å². The number of nitriles is 1. The van der Waals surface area contributed by atoms with Gasteiger partial charge in [-0.3, -0.25) is 0 Å². The van der Waals surface area contributed by atoms with Gasteiger partial charge in [0.1, 0.15) is 11.8 Å². The standard InChI is InChI=1S/C6H6N2O2/c7-3-5-1-2-6(10-5)4-8-9/h1-2,8-9H,4H2. The summed E-state index contributed by atoms with van der Waals surface area (Å²) in [6, 6.07) is 5.00. The second-order valence-corrected chi connectivity index (χ2v) is 1.71. The van der Waals surface area contributed by atoms with Crippen molar-refractivity contribution in [3.63, 3.8) is 0 Å². The van der Waals surface area contributed by atoms with Crippen LogP contribution in [0.25, 0.3) is 0 Å². The van der Waals surface area contributed by atoms with Crippen LogP contribution in [-0.4, -0.2) is 5.21 Å². The fraction of sp³-hybridized carbons (Fsp3) is 0.167. The van der Waals surface area contributed by atoms with E-state index >= 15 is 0 Å². The fourth-order valence-corrected chi connectivity index (χ4v) is 0.611. The molecule has 0 saturated carbocycles. The van der Waals surface area contributed by atoms with Crippen LogP contribution in [0.2, 0.25) is 0 Å². The summed E-state index contributed by atoms with van der Waals surface area (Å²) in [5, 5.41) is 16.5. The molecular weight excluding hydrogens is 132 g/mol. The van der Waals surface area contributed by atoms with Crippen molar-refractivity contribution in [2.45, 2.75) is 6.54 Å². The van der Waals surface area contributed by atoms with Crippen molar-refractivity contribution in [1.29, 1.82) is 5.26 Å². The molecule has 10 heavy (non-hydrogen) atoms. The van der Waals surface area contributed by atoms with Gasteiger partial charge in [0.25, 0.3) is 0 Å². The Kier molecular flexibility index (Phi) is 2.05. The molecule has 0 bridgehead atoms. The Bertz CT molecular complexity index is 248. The Morgan fingerprint density at radius 3 is 3.00 bits per heavy atom. The minimum atomic E-state index is 0.224. The Labute approximate surface area is 57.6 Å². The van der Waals surface area contributed by atoms with Crippen molar-refractivity contribution in [3.8, 4) is 6.07 Å². The maximum atomic E-state index is 8.29. The molecule has 0 aliphatic carbocycles. The topological polar surface area (TPSA) is 69.2 Å². The lowest BCUT2D eigenvalue weighted by atomic mass is 10.4. The highest BCUT2D eigenvalue weighted by atomic mass is 16.5. The summed E-state index contributed by atoms with van der Waals surface area (Å²) in [5.41, 5.74) is 1.92. The van der Waals surface area contributed by atoms with Crippen LogP contribution in [0.5, 0.6) is 0 Å². The summed E-state index contributed by atoms with van der Waals surface area (Å²) in [6.07, 6.45) is 0. The normalized spacial score (nSPS) is 9.20. The highest BCUT2D eigenvalue weighted by Crippen LogP contribution is 2.04. The van der Waals surface area contributed by atoms with E-state index in [4.69, 9.17) is 14.9 Å². The third-order valence-electron chi connectivity index (χ3n) is 1.03. The van der Waals surface area contributed by atoms with Crippen LogP contribution in [-0.2, 0) is 6.54 Å². The third kappa shape index (κ3) is 1.35. The molecule has 1 aromatic heterocycles. The second-order valence-electron chi connectivity index (χ2n) is 1.71. The van der Waals surface area contributed by atoms with E-state index in [1.54, 1.807) is 12.1 Å². The molecule has 4 nitrogen and oxygen atoms in total. The zero-order chi connectivity index (χ0) is 7.40. The molecule has 0 unspecified atom stereocenters. The van der Waals surface area contributed by atoms with Gasteiger partial charge in [-0.05, 0) is 12.1 Å². The first kappa shape index (κ1) is 6.81. The van der Waals surface area contributed by atoms with E-state index in [0.29, 0.717) is 5.76 Å². The highest BCUT2D eigenvalue weighted by Gasteiger charge is 1.97. The summed E-state index contributed by atoms with van der Waals surface area (Å²) in [5.74, 6) is 0.796. The minimum absolute atomic E-state index is 0.224. The lowest BCUT2D eigenvalue weighted by Gasteiger charge is -1.88. The first-order valence-corrected chi connectivity index (χ1v) is 2.72. The van der Waals surface area contributed by atoms with Crippen LogP contribution in [0.15, 0.2) is 16.5 Å². The maximum Gasteiger partial charge on any atom is 0.203 e. The Morgan fingerprint density at radius 2 is 2.50 bits per heavy atom. The van der Waals surface area contributed by atoms with Crippen LogP contribution in [0.4, 0.5) is 0 Å². The van der Waals surface area contributed by atoms with Crippen LogP contribution in [0, 0.1) is 11.3 Å². The SMILES string of the molecule is N#Cc1ccc(CNO)o1. The number of furan rings is 1. The van der Waals surface area contributed by atoms with Gasteiger partial charge in [0.05, 0.1) is 6.54 Å². The van der Waals surface area contributed by atoms with Crippen molar-refractivity contribution in [3.05, 3.63) is 23.7 Å². The maximum absolute atomic E-state index is 8.29. The molecule has 2 N–H and O–H groups in total. The van der Waals surface area contributed by atoms with E-state index in [9.17, 15) is 0 Å². The summed E-state index contributed by atoms with van der Waals surface area (Å²) < 4.78 is 4.89. The average molecular weight is 138 g/mol. The van der Waals surface area contributed by atoms with Crippen LogP contribution in [0.3, 0.4) is 0 Å². The third-order valence-corrected chi connectivity index (χ3v) is 1.03. The lowest BCUT2D eigenvalue weighted by molar-refractivity contribution is 0.153. The number of rotatable bonds is 2. The summed E-state index contributed by atoms with van der Waals surface area (Å²) >= 11 is 0. The molecule has 1 rings (SSSR count). The van der Waals surface area contributed by atoms with E-state index in [-0.39, 0.29) is 12.3 Å². The van der Waals surface area contributed by atoms with Crippen molar-refractivity contribution in [1.82, 2.24) is 5.48 Å². The minimum Gasteiger partial charge on any atom is -0.449 e. The van der Waals surface area contributed by atoms with E-state index in [2.05, 4.69) is 0 Å². The number of hydroxylamine groups is 1. The van der Waals surface area contributed by atoms with E-state index in [0.717, 1.165) is 0 Å². The number of nitrogens with zero attached hydrogens (tertiary/aromatic N) is 1. The Morgan fingerprint density at radius 1 is 1.70 bits per heavy atom. The molecule has 0 aliphatic rings. The predicted molar refractivity (Wildman–Crippen MR) is 32.0 cm³/mol. The van der Waals surface area contributed by atoms with Crippen molar-refractivity contribution < 1.29 is 9.62 Å². The summed E-state index contributed by atoms with van der Waals surface area (Å²) in [4.78, 5) is 0. The van der Waals surface area contributed by atoms with Crippen molar-refractivity contribution >= 4 is 0 Å². The largest absolute Gasteiger partial charge is 0.449 e.